The molecule has 4 aliphatic rings. The van der Waals surface area contributed by atoms with Crippen LogP contribution in [0.15, 0.2) is 97.3 Å². The second-order valence-electron chi connectivity index (χ2n) is 13.7. The summed E-state index contributed by atoms with van der Waals surface area (Å²) >= 11 is 0. The van der Waals surface area contributed by atoms with Crippen molar-refractivity contribution in [1.29, 1.82) is 0 Å². The van der Waals surface area contributed by atoms with Crippen molar-refractivity contribution in [2.75, 3.05) is 0 Å². The number of nitrogens with zero attached hydrogens (tertiary/aromatic N) is 2. The molecule has 4 bridgehead atoms. The topological polar surface area (TPSA) is 25.8 Å². The molecule has 5 heteroatoms. The molecule has 41 heavy (non-hydrogen) atoms. The molecule has 3 unspecified atom stereocenters. The average Bonchev–Trinajstić information content (AvgIpc) is 3.67. The van der Waals surface area contributed by atoms with Crippen LogP contribution in [0.4, 0.5) is 0 Å². The van der Waals surface area contributed by atoms with Crippen LogP contribution in [0.5, 0.6) is 0 Å². The molecular weight excluding hydrogens is 578 g/mol. The summed E-state index contributed by atoms with van der Waals surface area (Å²) in [4.78, 5) is 9.78. The molecule has 2 heterocycles. The third kappa shape index (κ3) is 6.36. The minimum absolute atomic E-state index is 0. The van der Waals surface area contributed by atoms with Crippen molar-refractivity contribution >= 4 is 17.8 Å². The Morgan fingerprint density at radius 3 is 1.71 bits per heavy atom. The van der Waals surface area contributed by atoms with Crippen LogP contribution in [0.2, 0.25) is 0 Å². The summed E-state index contributed by atoms with van der Waals surface area (Å²) in [6, 6.07) is 29.7. The van der Waals surface area contributed by atoms with Crippen molar-refractivity contribution in [3.8, 4) is 0 Å². The summed E-state index contributed by atoms with van der Waals surface area (Å²) in [5, 5.41) is -0.146. The van der Waals surface area contributed by atoms with E-state index in [9.17, 15) is 0 Å². The van der Waals surface area contributed by atoms with Crippen molar-refractivity contribution in [1.82, 2.24) is 9.97 Å². The molecule has 222 valence electrons. The van der Waals surface area contributed by atoms with Crippen LogP contribution in [0, 0.1) is 23.2 Å². The SMILES string of the molecule is CC(C)(C)PC([c-]1cccc1C(P)(c1ccccn1)c1ccccn1)C12CC3CC(CC(C3)C1)C2.[Fe].[cH-]1[cH-][cH-][cH-][cH-]1. The maximum Gasteiger partial charge on any atom is 0.0709 e. The Morgan fingerprint density at radius 2 is 1.29 bits per heavy atom. The first-order valence-electron chi connectivity index (χ1n) is 15.1. The van der Waals surface area contributed by atoms with Gasteiger partial charge in [0.2, 0.25) is 0 Å². The van der Waals surface area contributed by atoms with E-state index in [4.69, 9.17) is 9.97 Å². The average molecular weight is 623 g/mol. The van der Waals surface area contributed by atoms with Crippen LogP contribution in [-0.2, 0) is 22.2 Å². The zero-order valence-electron chi connectivity index (χ0n) is 24.6. The fourth-order valence-electron chi connectivity index (χ4n) is 8.49. The van der Waals surface area contributed by atoms with Crippen molar-refractivity contribution in [2.24, 2.45) is 23.2 Å². The van der Waals surface area contributed by atoms with Crippen molar-refractivity contribution < 1.29 is 17.1 Å². The van der Waals surface area contributed by atoms with E-state index in [2.05, 4.69) is 72.5 Å². The zero-order chi connectivity index (χ0) is 27.8. The Kier molecular flexibility index (Phi) is 9.43. The van der Waals surface area contributed by atoms with E-state index in [1.807, 2.05) is 54.9 Å². The van der Waals surface area contributed by atoms with E-state index in [1.54, 1.807) is 5.56 Å². The normalized spacial score (nSPS) is 25.9. The van der Waals surface area contributed by atoms with Gasteiger partial charge in [-0.2, -0.15) is 6.07 Å². The van der Waals surface area contributed by atoms with Crippen LogP contribution < -0.4 is 0 Å². The molecule has 8 rings (SSSR count). The molecule has 3 atom stereocenters. The monoisotopic (exact) mass is 622 g/mol. The van der Waals surface area contributed by atoms with Gasteiger partial charge in [0.1, 0.15) is 0 Å². The smallest absolute Gasteiger partial charge is 0.0709 e. The standard InChI is InChI=1S/C31H39N2P2.C5H5.Fe/c1-29(2,3)35-28(30-18-21-15-22(19-30)17-23(16-21)20-30)24-9-8-10-25(24)31(34,26-11-4-6-13-32-26)27-12-5-7-14-33-27;1-2-4-5-3-1;/h4-14,21-23,28,35H,15-20,34H2,1-3H3;1-5H;/q-1;-5;. The molecule has 4 aromatic rings. The molecule has 0 amide bonds. The van der Waals surface area contributed by atoms with Crippen molar-refractivity contribution in [3.05, 3.63) is 120 Å². The van der Waals surface area contributed by atoms with Gasteiger partial charge in [0.25, 0.3) is 0 Å². The largest absolute Gasteiger partial charge is 0.748 e. The van der Waals surface area contributed by atoms with Gasteiger partial charge in [0.15, 0.2) is 0 Å². The Balaban J connectivity index is 0.000000510. The summed E-state index contributed by atoms with van der Waals surface area (Å²) in [5.41, 5.74) is 6.12. The fourth-order valence-corrected chi connectivity index (χ4v) is 11.0. The van der Waals surface area contributed by atoms with Gasteiger partial charge in [-0.25, -0.2) is 12.1 Å². The van der Waals surface area contributed by atoms with Gasteiger partial charge in [-0.3, -0.25) is 9.97 Å². The van der Waals surface area contributed by atoms with Gasteiger partial charge in [-0.15, -0.1) is 28.9 Å². The summed E-state index contributed by atoms with van der Waals surface area (Å²) in [6.07, 6.45) is 12.6. The maximum atomic E-state index is 4.89. The van der Waals surface area contributed by atoms with Crippen LogP contribution in [0.25, 0.3) is 0 Å². The van der Waals surface area contributed by atoms with Gasteiger partial charge < -0.3 is 30.3 Å². The summed E-state index contributed by atoms with van der Waals surface area (Å²) < 4.78 is 0. The second kappa shape index (κ2) is 12.5. The van der Waals surface area contributed by atoms with Gasteiger partial charge >= 0.3 is 0 Å². The molecule has 0 saturated heterocycles. The van der Waals surface area contributed by atoms with Crippen molar-refractivity contribution in [3.63, 3.8) is 0 Å². The molecule has 2 aromatic carbocycles. The number of hydrogen-bond donors (Lipinski definition) is 0. The Morgan fingerprint density at radius 1 is 0.805 bits per heavy atom. The van der Waals surface area contributed by atoms with E-state index in [0.717, 1.165) is 37.7 Å². The van der Waals surface area contributed by atoms with Crippen LogP contribution in [-0.4, -0.2) is 15.1 Å². The summed E-state index contributed by atoms with van der Waals surface area (Å²) in [7, 11) is 4.12. The molecule has 2 aromatic heterocycles. The Bertz CT molecular complexity index is 1270. The van der Waals surface area contributed by atoms with Crippen LogP contribution in [0.1, 0.15) is 87.5 Å². The molecule has 0 spiro atoms. The number of pyridine rings is 2. The van der Waals surface area contributed by atoms with Crippen LogP contribution >= 0.6 is 17.8 Å². The van der Waals surface area contributed by atoms with E-state index < -0.39 is 5.16 Å². The summed E-state index contributed by atoms with van der Waals surface area (Å²) in [6.45, 7) is 7.35. The van der Waals surface area contributed by atoms with Gasteiger partial charge in [-0.05, 0) is 96.8 Å². The quantitative estimate of drug-likeness (QED) is 0.122. The first-order valence-corrected chi connectivity index (χ1v) is 16.7. The van der Waals surface area contributed by atoms with E-state index >= 15 is 0 Å². The number of rotatable bonds is 6. The van der Waals surface area contributed by atoms with Crippen LogP contribution in [0.3, 0.4) is 0 Å². The molecule has 2 nitrogen and oxygen atoms in total. The molecule has 4 aliphatic carbocycles. The Labute approximate surface area is 262 Å². The summed E-state index contributed by atoms with van der Waals surface area (Å²) in [5.74, 6) is 2.87. The molecule has 4 fully saturated rings. The minimum atomic E-state index is -0.454. The molecular formula is C36H44FeN2P2-6. The number of hydrogen-bond acceptors (Lipinski definition) is 2. The molecule has 4 saturated carbocycles. The minimum Gasteiger partial charge on any atom is -0.748 e. The third-order valence-corrected chi connectivity index (χ3v) is 12.5. The molecule has 0 aliphatic heterocycles. The predicted molar refractivity (Wildman–Crippen MR) is 174 cm³/mol. The van der Waals surface area contributed by atoms with E-state index in [0.29, 0.717) is 16.2 Å². The van der Waals surface area contributed by atoms with Gasteiger partial charge in [-0.1, -0.05) is 32.9 Å². The van der Waals surface area contributed by atoms with Gasteiger partial charge in [0.05, 0.1) is 16.5 Å². The van der Waals surface area contributed by atoms with E-state index in [-0.39, 0.29) is 17.1 Å². The first-order chi connectivity index (χ1) is 19.3. The first kappa shape index (κ1) is 30.8. The van der Waals surface area contributed by atoms with Crippen molar-refractivity contribution in [2.45, 2.75) is 75.3 Å². The third-order valence-electron chi connectivity index (χ3n) is 9.55. The fraction of sp³-hybridized carbons (Fsp3) is 0.444. The zero-order valence-corrected chi connectivity index (χ0v) is 27.9. The molecule has 0 radical (unpaired) electrons. The molecule has 0 N–H and O–H groups in total. The predicted octanol–water partition coefficient (Wildman–Crippen LogP) is 9.50. The Hall–Kier alpha value is -1.62. The van der Waals surface area contributed by atoms with E-state index in [1.165, 1.54) is 44.1 Å². The second-order valence-corrected chi connectivity index (χ2v) is 16.9. The number of aromatic nitrogens is 2. The van der Waals surface area contributed by atoms with Gasteiger partial charge in [0, 0.05) is 29.5 Å². The maximum absolute atomic E-state index is 4.89.